The quantitative estimate of drug-likeness (QED) is 0.609. The summed E-state index contributed by atoms with van der Waals surface area (Å²) >= 11 is 0. The third kappa shape index (κ3) is 2.72. The van der Waals surface area contributed by atoms with Crippen LogP contribution in [0.15, 0.2) is 24.0 Å². The lowest BCUT2D eigenvalue weighted by molar-refractivity contribution is 0.358. The van der Waals surface area contributed by atoms with Crippen molar-refractivity contribution in [3.63, 3.8) is 0 Å². The highest BCUT2D eigenvalue weighted by atomic mass is 15.1. The molecular formula is C11H21N. The standard InChI is InChI=1S/C11H21N/c1-8-10(11(4,5)6)12(7)9(2)3/h8H,2H2,1,3-7H3/b10-8-. The van der Waals surface area contributed by atoms with Crippen LogP contribution in [-0.4, -0.2) is 11.9 Å². The maximum Gasteiger partial charge on any atom is 0.0184 e. The van der Waals surface area contributed by atoms with E-state index >= 15 is 0 Å². The minimum Gasteiger partial charge on any atom is -0.352 e. The van der Waals surface area contributed by atoms with Gasteiger partial charge in [0.05, 0.1) is 0 Å². The van der Waals surface area contributed by atoms with E-state index in [2.05, 4.69) is 52.3 Å². The summed E-state index contributed by atoms with van der Waals surface area (Å²) in [6.07, 6.45) is 2.15. The molecule has 0 rings (SSSR count). The molecule has 0 heterocycles. The molecule has 0 amide bonds. The normalized spacial score (nSPS) is 13.0. The predicted octanol–water partition coefficient (Wildman–Crippen LogP) is 3.40. The van der Waals surface area contributed by atoms with E-state index in [-0.39, 0.29) is 5.41 Å². The van der Waals surface area contributed by atoms with Crippen molar-refractivity contribution in [1.29, 1.82) is 0 Å². The summed E-state index contributed by atoms with van der Waals surface area (Å²) in [6.45, 7) is 14.6. The van der Waals surface area contributed by atoms with Crippen LogP contribution in [0, 0.1) is 5.41 Å². The summed E-state index contributed by atoms with van der Waals surface area (Å²) in [5.74, 6) is 0. The van der Waals surface area contributed by atoms with Crippen molar-refractivity contribution in [2.75, 3.05) is 7.05 Å². The fourth-order valence-corrected chi connectivity index (χ4v) is 1.34. The number of allylic oxidation sites excluding steroid dienone is 3. The average molecular weight is 167 g/mol. The first kappa shape index (κ1) is 11.3. The zero-order valence-electron chi connectivity index (χ0n) is 9.23. The third-order valence-electron chi connectivity index (χ3n) is 1.98. The summed E-state index contributed by atoms with van der Waals surface area (Å²) in [5, 5.41) is 0. The zero-order valence-corrected chi connectivity index (χ0v) is 9.23. The van der Waals surface area contributed by atoms with E-state index in [1.807, 2.05) is 6.92 Å². The van der Waals surface area contributed by atoms with Gasteiger partial charge < -0.3 is 4.90 Å². The Labute approximate surface area is 76.8 Å². The van der Waals surface area contributed by atoms with Crippen LogP contribution in [0.25, 0.3) is 0 Å². The van der Waals surface area contributed by atoms with Crippen LogP contribution in [0.5, 0.6) is 0 Å². The Kier molecular flexibility index (Phi) is 3.56. The van der Waals surface area contributed by atoms with Crippen molar-refractivity contribution in [1.82, 2.24) is 4.90 Å². The Morgan fingerprint density at radius 2 is 1.75 bits per heavy atom. The Morgan fingerprint density at radius 3 is 1.83 bits per heavy atom. The molecule has 0 atom stereocenters. The number of hydrogen-bond donors (Lipinski definition) is 0. The molecule has 0 aromatic heterocycles. The molecule has 0 spiro atoms. The summed E-state index contributed by atoms with van der Waals surface area (Å²) in [4.78, 5) is 2.14. The number of rotatable bonds is 2. The van der Waals surface area contributed by atoms with E-state index in [1.165, 1.54) is 5.70 Å². The highest BCUT2D eigenvalue weighted by Crippen LogP contribution is 2.28. The maximum atomic E-state index is 3.92. The van der Waals surface area contributed by atoms with E-state index in [4.69, 9.17) is 0 Å². The Bertz CT molecular complexity index is 194. The summed E-state index contributed by atoms with van der Waals surface area (Å²) in [6, 6.07) is 0. The highest BCUT2D eigenvalue weighted by Gasteiger charge is 2.19. The van der Waals surface area contributed by atoms with Gasteiger partial charge in [0.2, 0.25) is 0 Å². The second kappa shape index (κ2) is 3.79. The summed E-state index contributed by atoms with van der Waals surface area (Å²) in [7, 11) is 2.06. The van der Waals surface area contributed by atoms with Gasteiger partial charge in [-0.1, -0.05) is 33.4 Å². The van der Waals surface area contributed by atoms with Gasteiger partial charge in [0.1, 0.15) is 0 Å². The van der Waals surface area contributed by atoms with Gasteiger partial charge in [-0.2, -0.15) is 0 Å². The van der Waals surface area contributed by atoms with Crippen molar-refractivity contribution in [3.8, 4) is 0 Å². The largest absolute Gasteiger partial charge is 0.352 e. The first-order chi connectivity index (χ1) is 5.30. The van der Waals surface area contributed by atoms with Crippen molar-refractivity contribution >= 4 is 0 Å². The van der Waals surface area contributed by atoms with Gasteiger partial charge in [0, 0.05) is 23.9 Å². The molecule has 0 aliphatic carbocycles. The highest BCUT2D eigenvalue weighted by molar-refractivity contribution is 5.13. The molecule has 0 radical (unpaired) electrons. The van der Waals surface area contributed by atoms with Crippen LogP contribution >= 0.6 is 0 Å². The van der Waals surface area contributed by atoms with Crippen LogP contribution < -0.4 is 0 Å². The predicted molar refractivity (Wildman–Crippen MR) is 55.8 cm³/mol. The Morgan fingerprint density at radius 1 is 1.33 bits per heavy atom. The molecule has 0 aromatic carbocycles. The summed E-state index contributed by atoms with van der Waals surface area (Å²) < 4.78 is 0. The molecule has 0 aromatic rings. The van der Waals surface area contributed by atoms with Crippen LogP contribution in [0.3, 0.4) is 0 Å². The van der Waals surface area contributed by atoms with Crippen LogP contribution in [-0.2, 0) is 0 Å². The second-order valence-electron chi connectivity index (χ2n) is 4.22. The Hall–Kier alpha value is -0.720. The average Bonchev–Trinajstić information content (AvgIpc) is 1.85. The molecule has 0 fully saturated rings. The minimum absolute atomic E-state index is 0.197. The van der Waals surface area contributed by atoms with Crippen LogP contribution in [0.2, 0.25) is 0 Å². The van der Waals surface area contributed by atoms with E-state index in [1.54, 1.807) is 0 Å². The summed E-state index contributed by atoms with van der Waals surface area (Å²) in [5.41, 5.74) is 2.59. The molecule has 0 N–H and O–H groups in total. The van der Waals surface area contributed by atoms with E-state index in [0.29, 0.717) is 0 Å². The third-order valence-corrected chi connectivity index (χ3v) is 1.98. The zero-order chi connectivity index (χ0) is 9.94. The smallest absolute Gasteiger partial charge is 0.0184 e. The van der Waals surface area contributed by atoms with Gasteiger partial charge in [0.25, 0.3) is 0 Å². The van der Waals surface area contributed by atoms with Crippen molar-refractivity contribution in [2.24, 2.45) is 5.41 Å². The molecule has 1 nitrogen and oxygen atoms in total. The van der Waals surface area contributed by atoms with E-state index < -0.39 is 0 Å². The maximum absolute atomic E-state index is 3.92. The molecule has 0 unspecified atom stereocenters. The first-order valence-corrected chi connectivity index (χ1v) is 4.36. The lowest BCUT2D eigenvalue weighted by Gasteiger charge is -2.32. The first-order valence-electron chi connectivity index (χ1n) is 4.36. The second-order valence-corrected chi connectivity index (χ2v) is 4.22. The van der Waals surface area contributed by atoms with Gasteiger partial charge >= 0.3 is 0 Å². The molecule has 0 bridgehead atoms. The lowest BCUT2D eigenvalue weighted by atomic mass is 9.90. The fourth-order valence-electron chi connectivity index (χ4n) is 1.34. The van der Waals surface area contributed by atoms with Crippen LogP contribution in [0.4, 0.5) is 0 Å². The minimum atomic E-state index is 0.197. The monoisotopic (exact) mass is 167 g/mol. The van der Waals surface area contributed by atoms with E-state index in [0.717, 1.165) is 5.70 Å². The molecule has 0 aliphatic heterocycles. The fraction of sp³-hybridized carbons (Fsp3) is 0.636. The van der Waals surface area contributed by atoms with Crippen molar-refractivity contribution in [2.45, 2.75) is 34.6 Å². The number of nitrogens with zero attached hydrogens (tertiary/aromatic N) is 1. The Balaban J connectivity index is 4.72. The topological polar surface area (TPSA) is 3.24 Å². The molecule has 0 aliphatic rings. The van der Waals surface area contributed by atoms with Crippen molar-refractivity contribution in [3.05, 3.63) is 24.0 Å². The van der Waals surface area contributed by atoms with E-state index in [9.17, 15) is 0 Å². The lowest BCUT2D eigenvalue weighted by Crippen LogP contribution is -2.25. The van der Waals surface area contributed by atoms with Crippen LogP contribution in [0.1, 0.15) is 34.6 Å². The molecule has 1 heteroatoms. The molecule has 0 saturated carbocycles. The molecule has 0 saturated heterocycles. The number of hydrogen-bond acceptors (Lipinski definition) is 1. The van der Waals surface area contributed by atoms with Gasteiger partial charge in [-0.25, -0.2) is 0 Å². The SMILES string of the molecule is C=C(C)N(C)/C(=C\C)C(C)(C)C. The molecule has 12 heavy (non-hydrogen) atoms. The van der Waals surface area contributed by atoms with Crippen molar-refractivity contribution < 1.29 is 0 Å². The van der Waals surface area contributed by atoms with Gasteiger partial charge in [-0.05, 0) is 13.8 Å². The van der Waals surface area contributed by atoms with Gasteiger partial charge in [0.15, 0.2) is 0 Å². The molecule has 70 valence electrons. The molecular weight excluding hydrogens is 146 g/mol. The van der Waals surface area contributed by atoms with Gasteiger partial charge in [-0.3, -0.25) is 0 Å². The van der Waals surface area contributed by atoms with Gasteiger partial charge in [-0.15, -0.1) is 0 Å².